The van der Waals surface area contributed by atoms with E-state index in [1.165, 1.54) is 23.1 Å². The number of nitrogens with one attached hydrogen (secondary N) is 1. The van der Waals surface area contributed by atoms with Gasteiger partial charge >= 0.3 is 0 Å². The van der Waals surface area contributed by atoms with Crippen LogP contribution in [-0.2, 0) is 0 Å². The molecule has 2 heterocycles. The predicted octanol–water partition coefficient (Wildman–Crippen LogP) is 4.43. The minimum atomic E-state index is 0.0000785. The maximum Gasteiger partial charge on any atom is 0.210 e. The molecule has 0 radical (unpaired) electrons. The first-order valence-corrected chi connectivity index (χ1v) is 10.8. The molecule has 1 aliphatic rings. The summed E-state index contributed by atoms with van der Waals surface area (Å²) in [6.45, 7) is 1.21. The highest BCUT2D eigenvalue weighted by Crippen LogP contribution is 2.33. The molecule has 1 N–H and O–H groups in total. The number of aromatic nitrogens is 2. The lowest BCUT2D eigenvalue weighted by atomic mass is 10.1. The highest BCUT2D eigenvalue weighted by molar-refractivity contribution is 8.01. The Kier molecular flexibility index (Phi) is 6.16. The van der Waals surface area contributed by atoms with E-state index in [0.29, 0.717) is 39.7 Å². The summed E-state index contributed by atoms with van der Waals surface area (Å²) in [5.41, 5.74) is 1.41. The number of hydrogen-bond donors (Lipinski definition) is 1. The van der Waals surface area contributed by atoms with E-state index in [4.69, 9.17) is 14.2 Å². The molecule has 0 spiro atoms. The third-order valence-corrected chi connectivity index (χ3v) is 6.12. The molecule has 29 heavy (non-hydrogen) atoms. The zero-order chi connectivity index (χ0) is 20.1. The van der Waals surface area contributed by atoms with Crippen molar-refractivity contribution in [1.29, 1.82) is 0 Å². The topological polar surface area (TPSA) is 82.6 Å². The van der Waals surface area contributed by atoms with E-state index < -0.39 is 0 Å². The van der Waals surface area contributed by atoms with Crippen LogP contribution in [0.2, 0.25) is 0 Å². The molecule has 0 saturated carbocycles. The first-order valence-electron chi connectivity index (χ1n) is 9.02. The van der Waals surface area contributed by atoms with Gasteiger partial charge in [-0.1, -0.05) is 35.2 Å². The van der Waals surface area contributed by atoms with Crippen molar-refractivity contribution in [1.82, 2.24) is 10.2 Å². The van der Waals surface area contributed by atoms with Crippen molar-refractivity contribution >= 4 is 39.7 Å². The number of anilines is 2. The Morgan fingerprint density at radius 1 is 1.17 bits per heavy atom. The van der Waals surface area contributed by atoms with Crippen LogP contribution in [0, 0.1) is 0 Å². The number of carbonyl (C=O) groups excluding carboxylic acids is 1. The van der Waals surface area contributed by atoms with Gasteiger partial charge in [0.05, 0.1) is 31.8 Å². The normalized spacial score (nSPS) is 12.9. The first kappa shape index (κ1) is 19.5. The number of benzene rings is 2. The van der Waals surface area contributed by atoms with E-state index >= 15 is 0 Å². The van der Waals surface area contributed by atoms with Crippen LogP contribution in [0.4, 0.5) is 10.8 Å². The second kappa shape index (κ2) is 9.15. The fourth-order valence-electron chi connectivity index (χ4n) is 2.73. The van der Waals surface area contributed by atoms with Gasteiger partial charge in [0.2, 0.25) is 5.13 Å². The van der Waals surface area contributed by atoms with Gasteiger partial charge in [0, 0.05) is 12.0 Å². The standard InChI is InChI=1S/C20H19N3O4S2/c1-25-16-6-3-2-5-14(16)21-19-22-23-20(29-19)28-12-15(24)13-7-8-17-18(11-13)27-10-4-9-26-17/h2-3,5-8,11H,4,9-10,12H2,1H3,(H,21,22). The van der Waals surface area contributed by atoms with Crippen molar-refractivity contribution in [2.24, 2.45) is 0 Å². The number of ketones is 1. The minimum absolute atomic E-state index is 0.0000785. The van der Waals surface area contributed by atoms with Crippen molar-refractivity contribution in [3.63, 3.8) is 0 Å². The molecule has 9 heteroatoms. The summed E-state index contributed by atoms with van der Waals surface area (Å²) in [6.07, 6.45) is 0.829. The van der Waals surface area contributed by atoms with Crippen molar-refractivity contribution in [2.45, 2.75) is 10.8 Å². The quantitative estimate of drug-likeness (QED) is 0.436. The second-order valence-corrected chi connectivity index (χ2v) is 8.32. The maximum atomic E-state index is 12.6. The lowest BCUT2D eigenvalue weighted by molar-refractivity contribution is 0.102. The van der Waals surface area contributed by atoms with Gasteiger partial charge in [-0.05, 0) is 30.3 Å². The number of Topliss-reactive ketones (excluding diaryl/α,β-unsaturated/α-hetero) is 1. The van der Waals surface area contributed by atoms with E-state index in [0.717, 1.165) is 17.9 Å². The van der Waals surface area contributed by atoms with Crippen LogP contribution < -0.4 is 19.5 Å². The van der Waals surface area contributed by atoms with E-state index in [-0.39, 0.29) is 11.5 Å². The molecule has 2 aromatic carbocycles. The molecule has 0 atom stereocenters. The molecule has 0 fully saturated rings. The molecule has 0 aliphatic carbocycles. The predicted molar refractivity (Wildman–Crippen MR) is 113 cm³/mol. The molecule has 0 bridgehead atoms. The lowest BCUT2D eigenvalue weighted by Crippen LogP contribution is -2.03. The fraction of sp³-hybridized carbons (Fsp3) is 0.250. The van der Waals surface area contributed by atoms with Crippen molar-refractivity contribution < 1.29 is 19.0 Å². The molecule has 1 aliphatic heterocycles. The van der Waals surface area contributed by atoms with Crippen LogP contribution in [0.1, 0.15) is 16.8 Å². The number of para-hydroxylation sites is 2. The van der Waals surface area contributed by atoms with Gasteiger partial charge in [-0.25, -0.2) is 0 Å². The van der Waals surface area contributed by atoms with Crippen LogP contribution in [0.3, 0.4) is 0 Å². The van der Waals surface area contributed by atoms with Crippen LogP contribution in [0.5, 0.6) is 17.2 Å². The van der Waals surface area contributed by atoms with E-state index in [2.05, 4.69) is 15.5 Å². The molecule has 0 amide bonds. The van der Waals surface area contributed by atoms with Gasteiger partial charge in [-0.15, -0.1) is 10.2 Å². The third-order valence-electron chi connectivity index (χ3n) is 4.15. The fourth-order valence-corrected chi connectivity index (χ4v) is 4.39. The molecular formula is C20H19N3O4S2. The summed E-state index contributed by atoms with van der Waals surface area (Å²) in [7, 11) is 1.62. The average molecular weight is 430 g/mol. The van der Waals surface area contributed by atoms with Crippen molar-refractivity contribution in [3.05, 3.63) is 48.0 Å². The van der Waals surface area contributed by atoms with Crippen LogP contribution in [0.15, 0.2) is 46.8 Å². The van der Waals surface area contributed by atoms with Gasteiger partial charge in [0.25, 0.3) is 0 Å². The Labute approximate surface area is 176 Å². The first-order chi connectivity index (χ1) is 14.2. The Balaban J connectivity index is 1.37. The zero-order valence-electron chi connectivity index (χ0n) is 15.7. The molecule has 7 nitrogen and oxygen atoms in total. The number of nitrogens with zero attached hydrogens (tertiary/aromatic N) is 2. The highest BCUT2D eigenvalue weighted by atomic mass is 32.2. The van der Waals surface area contributed by atoms with E-state index in [1.54, 1.807) is 25.3 Å². The molecule has 4 rings (SSSR count). The van der Waals surface area contributed by atoms with Gasteiger partial charge in [0.1, 0.15) is 5.75 Å². The number of rotatable bonds is 7. The summed E-state index contributed by atoms with van der Waals surface area (Å²) < 4.78 is 17.3. The maximum absolute atomic E-state index is 12.6. The van der Waals surface area contributed by atoms with Crippen molar-refractivity contribution in [3.8, 4) is 17.2 Å². The lowest BCUT2D eigenvalue weighted by Gasteiger charge is -2.08. The van der Waals surface area contributed by atoms with Gasteiger partial charge < -0.3 is 19.5 Å². The summed E-state index contributed by atoms with van der Waals surface area (Å²) in [5.74, 6) is 2.30. The Morgan fingerprint density at radius 3 is 2.86 bits per heavy atom. The van der Waals surface area contributed by atoms with E-state index in [9.17, 15) is 4.79 Å². The average Bonchev–Trinajstić information content (AvgIpc) is 3.06. The van der Waals surface area contributed by atoms with Gasteiger partial charge in [0.15, 0.2) is 21.6 Å². The minimum Gasteiger partial charge on any atom is -0.495 e. The monoisotopic (exact) mass is 429 g/mol. The van der Waals surface area contributed by atoms with Crippen molar-refractivity contribution in [2.75, 3.05) is 31.4 Å². The molecule has 150 valence electrons. The third kappa shape index (κ3) is 4.80. The largest absolute Gasteiger partial charge is 0.495 e. The number of hydrogen-bond acceptors (Lipinski definition) is 9. The number of fused-ring (bicyclic) bond motifs is 1. The number of thioether (sulfide) groups is 1. The molecule has 0 saturated heterocycles. The van der Waals surface area contributed by atoms with Crippen LogP contribution in [-0.4, -0.2) is 42.1 Å². The van der Waals surface area contributed by atoms with Crippen LogP contribution in [0.25, 0.3) is 0 Å². The number of ether oxygens (including phenoxy) is 3. The molecule has 1 aromatic heterocycles. The summed E-state index contributed by atoms with van der Waals surface area (Å²) in [4.78, 5) is 12.6. The highest BCUT2D eigenvalue weighted by Gasteiger charge is 2.15. The number of carbonyl (C=O) groups is 1. The Morgan fingerprint density at radius 2 is 2.00 bits per heavy atom. The van der Waals surface area contributed by atoms with Crippen LogP contribution >= 0.6 is 23.1 Å². The zero-order valence-corrected chi connectivity index (χ0v) is 17.3. The summed E-state index contributed by atoms with van der Waals surface area (Å²) >= 11 is 2.75. The SMILES string of the molecule is COc1ccccc1Nc1nnc(SCC(=O)c2ccc3c(c2)OCCCO3)s1. The molecular weight excluding hydrogens is 410 g/mol. The molecule has 3 aromatic rings. The summed E-state index contributed by atoms with van der Waals surface area (Å²) in [5, 5.41) is 12.1. The second-order valence-electron chi connectivity index (χ2n) is 6.12. The smallest absolute Gasteiger partial charge is 0.210 e. The molecule has 0 unspecified atom stereocenters. The van der Waals surface area contributed by atoms with Gasteiger partial charge in [-0.2, -0.15) is 0 Å². The van der Waals surface area contributed by atoms with E-state index in [1.807, 2.05) is 24.3 Å². The Bertz CT molecular complexity index is 1010. The Hall–Kier alpha value is -2.78. The van der Waals surface area contributed by atoms with Gasteiger partial charge in [-0.3, -0.25) is 4.79 Å². The summed E-state index contributed by atoms with van der Waals surface area (Å²) in [6, 6.07) is 12.9. The number of methoxy groups -OCH3 is 1.